The zero-order valence-electron chi connectivity index (χ0n) is 16.3. The molecule has 0 N–H and O–H groups in total. The van der Waals surface area contributed by atoms with Gasteiger partial charge in [-0.1, -0.05) is 114 Å². The van der Waals surface area contributed by atoms with E-state index in [9.17, 15) is 0 Å². The van der Waals surface area contributed by atoms with Crippen LogP contribution in [0.2, 0.25) is 0 Å². The third kappa shape index (κ3) is 5.43. The zero-order chi connectivity index (χ0) is 19.1. The van der Waals surface area contributed by atoms with Crippen LogP contribution in [-0.2, 0) is 0 Å². The van der Waals surface area contributed by atoms with Crippen LogP contribution in [0.5, 0.6) is 0 Å². The first kappa shape index (κ1) is 18.7. The molecule has 0 fully saturated rings. The van der Waals surface area contributed by atoms with E-state index in [1.807, 2.05) is 12.1 Å². The van der Waals surface area contributed by atoms with Crippen molar-refractivity contribution in [1.82, 2.24) is 0 Å². The van der Waals surface area contributed by atoms with E-state index in [4.69, 9.17) is 0 Å². The Balaban J connectivity index is 0.000000197. The summed E-state index contributed by atoms with van der Waals surface area (Å²) in [5, 5.41) is 0. The molecular weight excluding hydrogens is 324 g/mol. The molecule has 0 aliphatic heterocycles. The van der Waals surface area contributed by atoms with Crippen molar-refractivity contribution in [2.75, 3.05) is 0 Å². The predicted octanol–water partition coefficient (Wildman–Crippen LogP) is 7.63. The van der Waals surface area contributed by atoms with Gasteiger partial charge in [0.05, 0.1) is 0 Å². The molecule has 4 aromatic rings. The van der Waals surface area contributed by atoms with Gasteiger partial charge in [0.2, 0.25) is 0 Å². The molecule has 0 spiro atoms. The van der Waals surface area contributed by atoms with Crippen molar-refractivity contribution in [3.05, 3.63) is 120 Å². The third-order valence-corrected chi connectivity index (χ3v) is 4.44. The van der Waals surface area contributed by atoms with Gasteiger partial charge in [-0.25, -0.2) is 0 Å². The molecule has 0 radical (unpaired) electrons. The predicted molar refractivity (Wildman–Crippen MR) is 118 cm³/mol. The molecular formula is C27H26. The first-order valence-corrected chi connectivity index (χ1v) is 9.37. The maximum Gasteiger partial charge on any atom is -0.0178 e. The van der Waals surface area contributed by atoms with E-state index in [1.165, 1.54) is 38.9 Å². The third-order valence-electron chi connectivity index (χ3n) is 4.44. The summed E-state index contributed by atoms with van der Waals surface area (Å²) >= 11 is 0. The molecule has 27 heavy (non-hydrogen) atoms. The van der Waals surface area contributed by atoms with Crippen LogP contribution < -0.4 is 0 Å². The lowest BCUT2D eigenvalue weighted by Gasteiger charge is -2.05. The van der Waals surface area contributed by atoms with Crippen LogP contribution >= 0.6 is 0 Å². The maximum atomic E-state index is 2.24. The summed E-state index contributed by atoms with van der Waals surface area (Å²) in [5.41, 5.74) is 9.10. The summed E-state index contributed by atoms with van der Waals surface area (Å²) in [7, 11) is 0. The second-order valence-corrected chi connectivity index (χ2v) is 6.98. The Kier molecular flexibility index (Phi) is 6.22. The fourth-order valence-corrected chi connectivity index (χ4v) is 3.34. The molecule has 0 aliphatic rings. The van der Waals surface area contributed by atoms with Crippen molar-refractivity contribution >= 4 is 0 Å². The van der Waals surface area contributed by atoms with Crippen molar-refractivity contribution in [3.8, 4) is 22.3 Å². The van der Waals surface area contributed by atoms with Gasteiger partial charge in [-0.15, -0.1) is 0 Å². The Hall–Kier alpha value is -3.12. The molecule has 0 aliphatic carbocycles. The second kappa shape index (κ2) is 9.00. The summed E-state index contributed by atoms with van der Waals surface area (Å²) in [6.07, 6.45) is 0. The van der Waals surface area contributed by atoms with Crippen LogP contribution in [0, 0.1) is 20.8 Å². The average Bonchev–Trinajstić information content (AvgIpc) is 2.69. The van der Waals surface area contributed by atoms with Crippen molar-refractivity contribution in [3.63, 3.8) is 0 Å². The standard InChI is InChI=1S/C18H14.C9H12/c1-3-8-15(9-4-1)17-12-7-13-18(14-17)16-10-5-2-6-11-16;1-7-4-8(2)6-9(3)5-7/h1-14H;4-6H,1-3H3. The van der Waals surface area contributed by atoms with Gasteiger partial charge in [0.15, 0.2) is 0 Å². The Labute approximate surface area is 163 Å². The number of aryl methyl sites for hydroxylation is 3. The van der Waals surface area contributed by atoms with E-state index in [1.54, 1.807) is 0 Å². The molecule has 0 heterocycles. The van der Waals surface area contributed by atoms with Gasteiger partial charge in [0.1, 0.15) is 0 Å². The molecule has 0 atom stereocenters. The van der Waals surface area contributed by atoms with Gasteiger partial charge in [-0.3, -0.25) is 0 Å². The topological polar surface area (TPSA) is 0 Å². The minimum absolute atomic E-state index is 1.26. The van der Waals surface area contributed by atoms with Gasteiger partial charge in [0, 0.05) is 0 Å². The molecule has 0 unspecified atom stereocenters. The van der Waals surface area contributed by atoms with Crippen molar-refractivity contribution in [2.24, 2.45) is 0 Å². The number of hydrogen-bond acceptors (Lipinski definition) is 0. The summed E-state index contributed by atoms with van der Waals surface area (Å²) in [5.74, 6) is 0. The first-order valence-electron chi connectivity index (χ1n) is 9.37. The average molecular weight is 351 g/mol. The quantitative estimate of drug-likeness (QED) is 0.348. The van der Waals surface area contributed by atoms with Crippen LogP contribution in [0.4, 0.5) is 0 Å². The molecule has 0 bridgehead atoms. The molecule has 0 aromatic heterocycles. The highest BCUT2D eigenvalue weighted by molar-refractivity contribution is 5.72. The Morgan fingerprint density at radius 1 is 0.333 bits per heavy atom. The summed E-state index contributed by atoms with van der Waals surface area (Å²) in [6, 6.07) is 36.2. The fourth-order valence-electron chi connectivity index (χ4n) is 3.34. The Morgan fingerprint density at radius 3 is 1.04 bits per heavy atom. The van der Waals surface area contributed by atoms with E-state index in [2.05, 4.69) is 112 Å². The lowest BCUT2D eigenvalue weighted by Crippen LogP contribution is -1.80. The van der Waals surface area contributed by atoms with Crippen molar-refractivity contribution in [2.45, 2.75) is 20.8 Å². The molecule has 4 aromatic carbocycles. The normalized spacial score (nSPS) is 10.0. The number of hydrogen-bond donors (Lipinski definition) is 0. The van der Waals surface area contributed by atoms with Crippen LogP contribution in [0.25, 0.3) is 22.3 Å². The number of benzene rings is 4. The van der Waals surface area contributed by atoms with Gasteiger partial charge in [-0.05, 0) is 49.1 Å². The maximum absolute atomic E-state index is 2.24. The van der Waals surface area contributed by atoms with Crippen LogP contribution in [-0.4, -0.2) is 0 Å². The molecule has 0 nitrogen and oxygen atoms in total. The van der Waals surface area contributed by atoms with E-state index in [-0.39, 0.29) is 0 Å². The largest absolute Gasteiger partial charge is 0.0622 e. The minimum Gasteiger partial charge on any atom is -0.0622 e. The Morgan fingerprint density at radius 2 is 0.667 bits per heavy atom. The highest BCUT2D eigenvalue weighted by Crippen LogP contribution is 2.25. The van der Waals surface area contributed by atoms with E-state index < -0.39 is 0 Å². The van der Waals surface area contributed by atoms with E-state index >= 15 is 0 Å². The molecule has 4 rings (SSSR count). The van der Waals surface area contributed by atoms with Crippen LogP contribution in [0.15, 0.2) is 103 Å². The fraction of sp³-hybridized carbons (Fsp3) is 0.111. The minimum atomic E-state index is 1.26. The van der Waals surface area contributed by atoms with Crippen molar-refractivity contribution < 1.29 is 0 Å². The molecule has 0 saturated carbocycles. The first-order chi connectivity index (χ1) is 13.1. The van der Waals surface area contributed by atoms with Gasteiger partial charge < -0.3 is 0 Å². The summed E-state index contributed by atoms with van der Waals surface area (Å²) in [6.45, 7) is 6.38. The molecule has 0 amide bonds. The SMILES string of the molecule is Cc1cc(C)cc(C)c1.c1ccc(-c2cccc(-c3ccccc3)c2)cc1. The zero-order valence-corrected chi connectivity index (χ0v) is 16.3. The summed E-state index contributed by atoms with van der Waals surface area (Å²) in [4.78, 5) is 0. The smallest absolute Gasteiger partial charge is 0.0178 e. The lowest BCUT2D eigenvalue weighted by atomic mass is 9.99. The highest BCUT2D eigenvalue weighted by Gasteiger charge is 2.00. The molecule has 0 saturated heterocycles. The monoisotopic (exact) mass is 350 g/mol. The van der Waals surface area contributed by atoms with Crippen LogP contribution in [0.3, 0.4) is 0 Å². The summed E-state index contributed by atoms with van der Waals surface area (Å²) < 4.78 is 0. The van der Waals surface area contributed by atoms with Crippen LogP contribution in [0.1, 0.15) is 16.7 Å². The van der Waals surface area contributed by atoms with E-state index in [0.717, 1.165) is 0 Å². The van der Waals surface area contributed by atoms with Crippen molar-refractivity contribution in [1.29, 1.82) is 0 Å². The molecule has 0 heteroatoms. The second-order valence-electron chi connectivity index (χ2n) is 6.98. The Bertz CT molecular complexity index is 877. The van der Waals surface area contributed by atoms with Gasteiger partial charge in [-0.2, -0.15) is 0 Å². The lowest BCUT2D eigenvalue weighted by molar-refractivity contribution is 1.32. The van der Waals surface area contributed by atoms with Gasteiger partial charge in [0.25, 0.3) is 0 Å². The number of rotatable bonds is 2. The van der Waals surface area contributed by atoms with E-state index in [0.29, 0.717) is 0 Å². The molecule has 134 valence electrons. The highest BCUT2D eigenvalue weighted by atomic mass is 14.0. The van der Waals surface area contributed by atoms with Gasteiger partial charge >= 0.3 is 0 Å².